The van der Waals surface area contributed by atoms with Gasteiger partial charge < -0.3 is 9.47 Å². The Morgan fingerprint density at radius 1 is 1.35 bits per heavy atom. The van der Waals surface area contributed by atoms with Gasteiger partial charge >= 0.3 is 6.09 Å². The highest BCUT2D eigenvalue weighted by atomic mass is 16.6. The van der Waals surface area contributed by atoms with Gasteiger partial charge in [0.1, 0.15) is 12.8 Å². The molecule has 1 aliphatic rings. The Morgan fingerprint density at radius 2 is 2.15 bits per heavy atom. The van der Waals surface area contributed by atoms with Gasteiger partial charge in [-0.3, -0.25) is 4.90 Å². The first-order chi connectivity index (χ1) is 9.81. The van der Waals surface area contributed by atoms with Crippen molar-refractivity contribution in [3.05, 3.63) is 35.9 Å². The molecule has 1 fully saturated rings. The summed E-state index contributed by atoms with van der Waals surface area (Å²) in [4.78, 5) is 13.8. The van der Waals surface area contributed by atoms with E-state index in [4.69, 9.17) is 9.47 Å². The van der Waals surface area contributed by atoms with Gasteiger partial charge in [0.05, 0.1) is 0 Å². The van der Waals surface area contributed by atoms with E-state index >= 15 is 0 Å². The van der Waals surface area contributed by atoms with Crippen LogP contribution >= 0.6 is 0 Å². The maximum atomic E-state index is 12.1. The number of carbonyl (C=O) groups is 1. The van der Waals surface area contributed by atoms with E-state index < -0.39 is 0 Å². The first-order valence-electron chi connectivity index (χ1n) is 7.40. The highest BCUT2D eigenvalue weighted by Gasteiger charge is 2.30. The molecule has 4 nitrogen and oxygen atoms in total. The van der Waals surface area contributed by atoms with E-state index in [9.17, 15) is 4.79 Å². The molecular formula is C16H23NO3. The Hall–Kier alpha value is -1.55. The highest BCUT2D eigenvalue weighted by molar-refractivity contribution is 5.68. The molecule has 0 bridgehead atoms. The monoisotopic (exact) mass is 277 g/mol. The number of hydrogen-bond donors (Lipinski definition) is 0. The smallest absolute Gasteiger partial charge is 0.412 e. The van der Waals surface area contributed by atoms with Crippen LogP contribution in [0.4, 0.5) is 4.79 Å². The molecule has 1 atom stereocenters. The standard InChI is InChI=1S/C16H23NO3/c1-2-3-12-19-15-10-7-11-17(15)16(18)20-13-14-8-5-4-6-9-14/h4-6,8-9,15H,2-3,7,10-13H2,1H3. The lowest BCUT2D eigenvalue weighted by molar-refractivity contribution is -0.0344. The SMILES string of the molecule is CCCCOC1CCCN1C(=O)OCc1ccccc1. The molecule has 1 saturated heterocycles. The van der Waals surface area contributed by atoms with Gasteiger partial charge in [-0.15, -0.1) is 0 Å². The molecule has 2 rings (SSSR count). The summed E-state index contributed by atoms with van der Waals surface area (Å²) < 4.78 is 11.1. The molecule has 20 heavy (non-hydrogen) atoms. The molecule has 1 unspecified atom stereocenters. The van der Waals surface area contributed by atoms with Crippen LogP contribution in [-0.2, 0) is 16.1 Å². The van der Waals surface area contributed by atoms with Crippen molar-refractivity contribution in [2.45, 2.75) is 45.4 Å². The quantitative estimate of drug-likeness (QED) is 0.746. The van der Waals surface area contributed by atoms with Gasteiger partial charge in [0.25, 0.3) is 0 Å². The van der Waals surface area contributed by atoms with Crippen molar-refractivity contribution in [2.24, 2.45) is 0 Å². The van der Waals surface area contributed by atoms with Gasteiger partial charge in [0.15, 0.2) is 0 Å². The molecular weight excluding hydrogens is 254 g/mol. The number of amides is 1. The summed E-state index contributed by atoms with van der Waals surface area (Å²) in [6.45, 7) is 3.88. The zero-order chi connectivity index (χ0) is 14.2. The lowest BCUT2D eigenvalue weighted by Crippen LogP contribution is -2.37. The van der Waals surface area contributed by atoms with E-state index in [0.717, 1.165) is 37.8 Å². The number of benzene rings is 1. The summed E-state index contributed by atoms with van der Waals surface area (Å²) in [5.74, 6) is 0. The molecule has 0 spiro atoms. The fraction of sp³-hybridized carbons (Fsp3) is 0.562. The number of ether oxygens (including phenoxy) is 2. The van der Waals surface area contributed by atoms with Crippen LogP contribution in [0.1, 0.15) is 38.2 Å². The Bertz CT molecular complexity index is 407. The number of rotatable bonds is 6. The Balaban J connectivity index is 1.78. The summed E-state index contributed by atoms with van der Waals surface area (Å²) in [7, 11) is 0. The Morgan fingerprint density at radius 3 is 2.90 bits per heavy atom. The molecule has 1 aromatic carbocycles. The summed E-state index contributed by atoms with van der Waals surface area (Å²) >= 11 is 0. The minimum atomic E-state index is -0.271. The van der Waals surface area contributed by atoms with Crippen LogP contribution < -0.4 is 0 Å². The van der Waals surface area contributed by atoms with Gasteiger partial charge in [0.2, 0.25) is 0 Å². The third-order valence-electron chi connectivity index (χ3n) is 3.45. The van der Waals surface area contributed by atoms with Crippen LogP contribution in [0.3, 0.4) is 0 Å². The number of nitrogens with zero attached hydrogens (tertiary/aromatic N) is 1. The number of unbranched alkanes of at least 4 members (excludes halogenated alkanes) is 1. The van der Waals surface area contributed by atoms with Crippen LogP contribution in [0.25, 0.3) is 0 Å². The van der Waals surface area contributed by atoms with Crippen LogP contribution in [0.15, 0.2) is 30.3 Å². The summed E-state index contributed by atoms with van der Waals surface area (Å²) in [5.41, 5.74) is 1.00. The van der Waals surface area contributed by atoms with Gasteiger partial charge in [0, 0.05) is 13.2 Å². The average molecular weight is 277 g/mol. The largest absolute Gasteiger partial charge is 0.444 e. The second kappa shape index (κ2) is 7.90. The van der Waals surface area contributed by atoms with Crippen molar-refractivity contribution < 1.29 is 14.3 Å². The predicted octanol–water partition coefficient (Wildman–Crippen LogP) is 3.56. The van der Waals surface area contributed by atoms with Crippen molar-refractivity contribution in [2.75, 3.05) is 13.2 Å². The molecule has 0 aromatic heterocycles. The topological polar surface area (TPSA) is 38.8 Å². The van der Waals surface area contributed by atoms with Crippen LogP contribution in [0, 0.1) is 0 Å². The molecule has 0 radical (unpaired) electrons. The molecule has 0 aliphatic carbocycles. The highest BCUT2D eigenvalue weighted by Crippen LogP contribution is 2.20. The Kier molecular flexibility index (Phi) is 5.87. The maximum absolute atomic E-state index is 12.1. The van der Waals surface area contributed by atoms with E-state index in [-0.39, 0.29) is 12.3 Å². The van der Waals surface area contributed by atoms with Gasteiger partial charge in [-0.2, -0.15) is 0 Å². The van der Waals surface area contributed by atoms with Gasteiger partial charge in [-0.05, 0) is 24.8 Å². The molecule has 1 amide bonds. The molecule has 0 saturated carbocycles. The van der Waals surface area contributed by atoms with Crippen molar-refractivity contribution >= 4 is 6.09 Å². The third kappa shape index (κ3) is 4.23. The lowest BCUT2D eigenvalue weighted by Gasteiger charge is -2.24. The molecule has 4 heteroatoms. The van der Waals surface area contributed by atoms with Crippen LogP contribution in [0.5, 0.6) is 0 Å². The molecule has 1 heterocycles. The average Bonchev–Trinajstić information content (AvgIpc) is 2.95. The molecule has 0 N–H and O–H groups in total. The summed E-state index contributed by atoms with van der Waals surface area (Å²) in [6, 6.07) is 9.73. The molecule has 110 valence electrons. The van der Waals surface area contributed by atoms with E-state index in [1.807, 2.05) is 30.3 Å². The van der Waals surface area contributed by atoms with Gasteiger partial charge in [-0.25, -0.2) is 4.79 Å². The van der Waals surface area contributed by atoms with E-state index in [2.05, 4.69) is 6.92 Å². The van der Waals surface area contributed by atoms with E-state index in [1.165, 1.54) is 0 Å². The molecule has 1 aromatic rings. The van der Waals surface area contributed by atoms with Crippen molar-refractivity contribution in [1.82, 2.24) is 4.90 Å². The van der Waals surface area contributed by atoms with Gasteiger partial charge in [-0.1, -0.05) is 43.7 Å². The maximum Gasteiger partial charge on any atom is 0.412 e. The van der Waals surface area contributed by atoms with Crippen molar-refractivity contribution in [3.8, 4) is 0 Å². The minimum absolute atomic E-state index is 0.107. The first kappa shape index (κ1) is 14.9. The lowest BCUT2D eigenvalue weighted by atomic mass is 10.2. The number of likely N-dealkylation sites (tertiary alicyclic amines) is 1. The van der Waals surface area contributed by atoms with Crippen molar-refractivity contribution in [1.29, 1.82) is 0 Å². The predicted molar refractivity (Wildman–Crippen MR) is 77.2 cm³/mol. The number of hydrogen-bond acceptors (Lipinski definition) is 3. The zero-order valence-electron chi connectivity index (χ0n) is 12.1. The molecule has 1 aliphatic heterocycles. The Labute approximate surface area is 120 Å². The van der Waals surface area contributed by atoms with Crippen LogP contribution in [0.2, 0.25) is 0 Å². The van der Waals surface area contributed by atoms with Crippen molar-refractivity contribution in [3.63, 3.8) is 0 Å². The fourth-order valence-electron chi connectivity index (χ4n) is 2.28. The van der Waals surface area contributed by atoms with E-state index in [1.54, 1.807) is 4.90 Å². The first-order valence-corrected chi connectivity index (χ1v) is 7.40. The van der Waals surface area contributed by atoms with Crippen LogP contribution in [-0.4, -0.2) is 30.4 Å². The second-order valence-corrected chi connectivity index (χ2v) is 5.05. The summed E-state index contributed by atoms with van der Waals surface area (Å²) in [6.07, 6.45) is 3.65. The van der Waals surface area contributed by atoms with E-state index in [0.29, 0.717) is 13.2 Å². The third-order valence-corrected chi connectivity index (χ3v) is 3.45. The second-order valence-electron chi connectivity index (χ2n) is 5.05. The minimum Gasteiger partial charge on any atom is -0.444 e. The zero-order valence-corrected chi connectivity index (χ0v) is 12.1. The normalized spacial score (nSPS) is 18.2. The number of carbonyl (C=O) groups excluding carboxylic acids is 1. The fourth-order valence-corrected chi connectivity index (χ4v) is 2.28. The summed E-state index contributed by atoms with van der Waals surface area (Å²) in [5, 5.41) is 0.